The van der Waals surface area contributed by atoms with Crippen molar-refractivity contribution in [2.45, 2.75) is 31.8 Å². The van der Waals surface area contributed by atoms with Crippen LogP contribution in [0.25, 0.3) is 0 Å². The quantitative estimate of drug-likeness (QED) is 0.795. The molecule has 0 aliphatic rings. The van der Waals surface area contributed by atoms with Gasteiger partial charge in [0, 0.05) is 34.2 Å². The van der Waals surface area contributed by atoms with Gasteiger partial charge in [-0.3, -0.25) is 4.21 Å². The molecule has 0 spiro atoms. The molecule has 0 fully saturated rings. The average molecular weight is 298 g/mol. The molecule has 3 N–H and O–H groups in total. The van der Waals surface area contributed by atoms with Crippen LogP contribution in [0.2, 0.25) is 0 Å². The van der Waals surface area contributed by atoms with Crippen LogP contribution in [-0.4, -0.2) is 34.3 Å². The van der Waals surface area contributed by atoms with Gasteiger partial charge in [-0.05, 0) is 23.6 Å². The fraction of sp³-hybridized carbons (Fsp3) is 0.500. The Morgan fingerprint density at radius 3 is 2.60 bits per heavy atom. The van der Waals surface area contributed by atoms with Gasteiger partial charge in [0.2, 0.25) is 0 Å². The van der Waals surface area contributed by atoms with E-state index in [2.05, 4.69) is 10.6 Å². The highest BCUT2D eigenvalue weighted by molar-refractivity contribution is 7.84. The zero-order valence-electron chi connectivity index (χ0n) is 12.3. The molecule has 0 radical (unpaired) electrons. The van der Waals surface area contributed by atoms with E-state index in [0.717, 1.165) is 0 Å². The molecular formula is C14H22N2O3S. The van der Waals surface area contributed by atoms with Crippen molar-refractivity contribution in [2.24, 2.45) is 5.41 Å². The molecule has 0 heterocycles. The van der Waals surface area contributed by atoms with Gasteiger partial charge in [-0.25, -0.2) is 4.79 Å². The monoisotopic (exact) mass is 298 g/mol. The van der Waals surface area contributed by atoms with E-state index in [1.807, 2.05) is 20.8 Å². The third-order valence-corrected chi connectivity index (χ3v) is 3.80. The van der Waals surface area contributed by atoms with Crippen LogP contribution >= 0.6 is 0 Å². The highest BCUT2D eigenvalue weighted by Gasteiger charge is 2.22. The fourth-order valence-electron chi connectivity index (χ4n) is 1.42. The lowest BCUT2D eigenvalue weighted by atomic mass is 9.89. The lowest BCUT2D eigenvalue weighted by Gasteiger charge is -2.25. The molecule has 20 heavy (non-hydrogen) atoms. The summed E-state index contributed by atoms with van der Waals surface area (Å²) in [6.07, 6.45) is 0.960. The van der Waals surface area contributed by atoms with Gasteiger partial charge >= 0.3 is 6.03 Å². The second kappa shape index (κ2) is 6.85. The number of carbonyl (C=O) groups is 1. The molecule has 2 unspecified atom stereocenters. The maximum atomic E-state index is 11.7. The van der Waals surface area contributed by atoms with Gasteiger partial charge in [0.15, 0.2) is 0 Å². The molecule has 2 amide bonds. The van der Waals surface area contributed by atoms with E-state index in [1.165, 1.54) is 0 Å². The summed E-state index contributed by atoms with van der Waals surface area (Å²) in [5.41, 5.74) is 0.284. The Hall–Kier alpha value is -1.40. The maximum Gasteiger partial charge on any atom is 0.319 e. The normalized spacial score (nSPS) is 14.4. The van der Waals surface area contributed by atoms with Crippen LogP contribution in [-0.2, 0) is 10.8 Å². The molecule has 112 valence electrons. The van der Waals surface area contributed by atoms with Crippen molar-refractivity contribution in [3.05, 3.63) is 24.3 Å². The Bertz CT molecular complexity index is 497. The van der Waals surface area contributed by atoms with Crippen LogP contribution in [0.1, 0.15) is 20.8 Å². The zero-order chi connectivity index (χ0) is 15.3. The highest BCUT2D eigenvalue weighted by Crippen LogP contribution is 2.18. The van der Waals surface area contributed by atoms with Crippen LogP contribution in [0.5, 0.6) is 0 Å². The lowest BCUT2D eigenvalue weighted by Crippen LogP contribution is -2.40. The van der Waals surface area contributed by atoms with E-state index < -0.39 is 22.9 Å². The summed E-state index contributed by atoms with van der Waals surface area (Å²) in [6.45, 7) is 5.88. The second-order valence-corrected chi connectivity index (χ2v) is 7.08. The molecular weight excluding hydrogens is 276 g/mol. The molecule has 0 aliphatic heterocycles. The summed E-state index contributed by atoms with van der Waals surface area (Å²) in [5, 5.41) is 15.1. The molecule has 0 aromatic heterocycles. The molecule has 1 aromatic rings. The van der Waals surface area contributed by atoms with Crippen LogP contribution in [0.4, 0.5) is 10.5 Å². The molecule has 0 bridgehead atoms. The fourth-order valence-corrected chi connectivity index (χ4v) is 1.99. The van der Waals surface area contributed by atoms with Crippen molar-refractivity contribution in [1.29, 1.82) is 0 Å². The number of carbonyl (C=O) groups excluding carboxylic acids is 1. The molecule has 0 saturated carbocycles. The van der Waals surface area contributed by atoms with Crippen LogP contribution in [0, 0.1) is 5.41 Å². The summed E-state index contributed by atoms with van der Waals surface area (Å²) in [5.74, 6) is 0. The Kier molecular flexibility index (Phi) is 5.71. The average Bonchev–Trinajstić information content (AvgIpc) is 2.35. The van der Waals surface area contributed by atoms with Crippen molar-refractivity contribution in [1.82, 2.24) is 5.32 Å². The molecule has 0 saturated heterocycles. The first kappa shape index (κ1) is 16.7. The number of hydrogen-bond acceptors (Lipinski definition) is 3. The van der Waals surface area contributed by atoms with Crippen molar-refractivity contribution in [3.63, 3.8) is 0 Å². The number of benzene rings is 1. The second-order valence-electron chi connectivity index (χ2n) is 5.70. The predicted molar refractivity (Wildman–Crippen MR) is 81.3 cm³/mol. The summed E-state index contributed by atoms with van der Waals surface area (Å²) in [7, 11) is -1.09. The molecule has 1 aromatic carbocycles. The third-order valence-electron chi connectivity index (χ3n) is 2.88. The number of nitrogens with one attached hydrogen (secondary N) is 2. The van der Waals surface area contributed by atoms with Crippen LogP contribution in [0.15, 0.2) is 29.2 Å². The summed E-state index contributed by atoms with van der Waals surface area (Å²) >= 11 is 0. The molecule has 0 aliphatic carbocycles. The van der Waals surface area contributed by atoms with Gasteiger partial charge in [-0.1, -0.05) is 26.8 Å². The third kappa shape index (κ3) is 5.30. The summed E-state index contributed by atoms with van der Waals surface area (Å²) < 4.78 is 11.4. The number of aliphatic hydroxyl groups is 1. The van der Waals surface area contributed by atoms with Gasteiger partial charge in [0.25, 0.3) is 0 Å². The smallest absolute Gasteiger partial charge is 0.319 e. The van der Waals surface area contributed by atoms with Gasteiger partial charge in [0.05, 0.1) is 6.10 Å². The van der Waals surface area contributed by atoms with Crippen LogP contribution < -0.4 is 10.6 Å². The summed E-state index contributed by atoms with van der Waals surface area (Å²) in [4.78, 5) is 12.4. The first-order valence-corrected chi connectivity index (χ1v) is 7.92. The number of urea groups is 1. The van der Waals surface area contributed by atoms with E-state index in [0.29, 0.717) is 10.6 Å². The molecule has 2 atom stereocenters. The van der Waals surface area contributed by atoms with Gasteiger partial charge in [-0.2, -0.15) is 0 Å². The maximum absolute atomic E-state index is 11.7. The number of aliphatic hydroxyl groups excluding tert-OH is 1. The highest BCUT2D eigenvalue weighted by atomic mass is 32.2. The first-order valence-electron chi connectivity index (χ1n) is 6.36. The Morgan fingerprint density at radius 2 is 2.05 bits per heavy atom. The first-order chi connectivity index (χ1) is 9.20. The largest absolute Gasteiger partial charge is 0.391 e. The van der Waals surface area contributed by atoms with E-state index in [1.54, 1.807) is 30.5 Å². The predicted octanol–water partition coefficient (Wildman–Crippen LogP) is 1.95. The minimum Gasteiger partial charge on any atom is -0.391 e. The standard InChI is InChI=1S/C14H22N2O3S/c1-14(2,3)12(17)9-15-13(18)16-10-6-5-7-11(8-10)20(4)19/h5-8,12,17H,9H2,1-4H3,(H2,15,16,18). The zero-order valence-corrected chi connectivity index (χ0v) is 13.1. The van der Waals surface area contributed by atoms with Crippen molar-refractivity contribution < 1.29 is 14.1 Å². The topological polar surface area (TPSA) is 78.4 Å². The van der Waals surface area contributed by atoms with Gasteiger partial charge < -0.3 is 15.7 Å². The van der Waals surface area contributed by atoms with E-state index in [4.69, 9.17) is 0 Å². The lowest BCUT2D eigenvalue weighted by molar-refractivity contribution is 0.0654. The van der Waals surface area contributed by atoms with E-state index in [-0.39, 0.29) is 12.0 Å². The van der Waals surface area contributed by atoms with E-state index in [9.17, 15) is 14.1 Å². The SMILES string of the molecule is CS(=O)c1cccc(NC(=O)NCC(O)C(C)(C)C)c1. The number of hydrogen-bond donors (Lipinski definition) is 3. The van der Waals surface area contributed by atoms with Crippen molar-refractivity contribution in [3.8, 4) is 0 Å². The van der Waals surface area contributed by atoms with Gasteiger partial charge in [-0.15, -0.1) is 0 Å². The van der Waals surface area contributed by atoms with Crippen LogP contribution in [0.3, 0.4) is 0 Å². The Labute approximate surface area is 122 Å². The van der Waals surface area contributed by atoms with Gasteiger partial charge in [0.1, 0.15) is 0 Å². The minimum atomic E-state index is -1.09. The summed E-state index contributed by atoms with van der Waals surface area (Å²) in [6, 6.07) is 6.46. The molecule has 6 heteroatoms. The Balaban J connectivity index is 2.55. The van der Waals surface area contributed by atoms with E-state index >= 15 is 0 Å². The minimum absolute atomic E-state index is 0.175. The number of rotatable bonds is 4. The van der Waals surface area contributed by atoms with Crippen molar-refractivity contribution in [2.75, 3.05) is 18.1 Å². The molecule has 5 nitrogen and oxygen atoms in total. The Morgan fingerprint density at radius 1 is 1.40 bits per heavy atom. The number of amides is 2. The van der Waals surface area contributed by atoms with Crippen molar-refractivity contribution >= 4 is 22.5 Å². The number of anilines is 1. The molecule has 1 rings (SSSR count).